The van der Waals surface area contributed by atoms with E-state index < -0.39 is 21.5 Å². The number of para-hydroxylation sites is 2. The maximum absolute atomic E-state index is 14.2. The van der Waals surface area contributed by atoms with E-state index in [1.165, 1.54) is 16.4 Å². The normalized spacial score (nSPS) is 18.9. The fourth-order valence-electron chi connectivity index (χ4n) is 10.6. The Morgan fingerprint density at radius 3 is 2.07 bits per heavy atom. The van der Waals surface area contributed by atoms with Crippen LogP contribution in [-0.2, 0) is 62.8 Å². The molecule has 17 heteroatoms. The molecular weight excluding hydrogens is 999 g/mol. The third-order valence-electron chi connectivity index (χ3n) is 14.5. The number of aliphatic hydroxyl groups excluding tert-OH is 1. The maximum Gasteiger partial charge on any atom is 0.277 e. The van der Waals surface area contributed by atoms with Crippen LogP contribution in [0.1, 0.15) is 113 Å². The largest absolute Gasteiger partial charge is 0.493 e. The van der Waals surface area contributed by atoms with Gasteiger partial charge in [0.15, 0.2) is 17.3 Å². The molecule has 74 heavy (non-hydrogen) atoms. The Kier molecular flexibility index (Phi) is 16.1. The molecule has 5 aromatic carbocycles. The smallest absolute Gasteiger partial charge is 0.277 e. The van der Waals surface area contributed by atoms with Gasteiger partial charge in [-0.25, -0.2) is 0 Å². The summed E-state index contributed by atoms with van der Waals surface area (Å²) >= 11 is 0. The number of anilines is 3. The van der Waals surface area contributed by atoms with Crippen LogP contribution in [0.3, 0.4) is 0 Å². The molecule has 0 aromatic heterocycles. The lowest BCUT2D eigenvalue weighted by molar-refractivity contribution is -0.118. The highest BCUT2D eigenvalue weighted by atomic mass is 33.1. The molecule has 4 unspecified atom stereocenters. The average Bonchev–Trinajstić information content (AvgIpc) is 3.92. The lowest BCUT2D eigenvalue weighted by atomic mass is 9.96. The molecule has 2 N–H and O–H groups in total. The Balaban J connectivity index is 0.914. The van der Waals surface area contributed by atoms with Crippen LogP contribution < -0.4 is 29.3 Å². The van der Waals surface area contributed by atoms with Gasteiger partial charge in [-0.3, -0.25) is 23.4 Å². The summed E-state index contributed by atoms with van der Waals surface area (Å²) in [5.74, 6) is 0.699. The highest BCUT2D eigenvalue weighted by Gasteiger charge is 2.42. The Bertz CT molecular complexity index is 3090. The molecule has 3 amide bonds. The summed E-state index contributed by atoms with van der Waals surface area (Å²) in [5, 5.41) is 13.2. The van der Waals surface area contributed by atoms with Crippen molar-refractivity contribution in [3.05, 3.63) is 141 Å². The summed E-state index contributed by atoms with van der Waals surface area (Å²) in [7, 11) is 1.63. The second kappa shape index (κ2) is 22.6. The predicted octanol–water partition coefficient (Wildman–Crippen LogP) is 9.76. The number of hydrogen-bond acceptors (Lipinski definition) is 13. The minimum absolute atomic E-state index is 0.0307. The van der Waals surface area contributed by atoms with E-state index in [1.54, 1.807) is 35.8 Å². The highest BCUT2D eigenvalue weighted by molar-refractivity contribution is 8.77. The highest BCUT2D eigenvalue weighted by Crippen LogP contribution is 2.43. The van der Waals surface area contributed by atoms with Crippen LogP contribution >= 0.6 is 21.6 Å². The fraction of sp³-hybridized carbons (Fsp3) is 0.404. The van der Waals surface area contributed by atoms with Crippen LogP contribution in [0.4, 0.5) is 17.1 Å². The number of aryl methyl sites for hydroxylation is 2. The molecule has 390 valence electrons. The second-order valence-corrected chi connectivity index (χ2v) is 24.7. The van der Waals surface area contributed by atoms with Gasteiger partial charge in [0.2, 0.25) is 5.91 Å². The first-order chi connectivity index (χ1) is 35.5. The van der Waals surface area contributed by atoms with Crippen molar-refractivity contribution in [2.24, 2.45) is 0 Å². The van der Waals surface area contributed by atoms with Gasteiger partial charge in [-0.2, -0.15) is 8.42 Å². The number of nitrogens with one attached hydrogen (secondary N) is 1. The molecule has 0 aliphatic carbocycles. The number of fused-ring (bicyclic) bond motifs is 8. The van der Waals surface area contributed by atoms with Crippen LogP contribution in [0.25, 0.3) is 0 Å². The minimum Gasteiger partial charge on any atom is -0.493 e. The number of ketones is 1. The number of rotatable bonds is 20. The molecule has 0 radical (unpaired) electrons. The molecule has 6 atom stereocenters. The quantitative estimate of drug-likeness (QED) is 0.0557. The van der Waals surface area contributed by atoms with Crippen molar-refractivity contribution < 1.29 is 51.1 Å². The number of methoxy groups -OCH3 is 1. The number of amides is 3. The predicted molar refractivity (Wildman–Crippen MR) is 290 cm³/mol. The van der Waals surface area contributed by atoms with Gasteiger partial charge in [0, 0.05) is 64.0 Å². The molecule has 4 aliphatic rings. The van der Waals surface area contributed by atoms with Crippen molar-refractivity contribution in [2.75, 3.05) is 29.3 Å². The summed E-state index contributed by atoms with van der Waals surface area (Å²) < 4.78 is 48.5. The molecule has 14 nitrogen and oxygen atoms in total. The molecule has 4 aliphatic heterocycles. The van der Waals surface area contributed by atoms with E-state index >= 15 is 0 Å². The summed E-state index contributed by atoms with van der Waals surface area (Å²) in [6.07, 6.45) is 3.36. The number of benzene rings is 5. The van der Waals surface area contributed by atoms with E-state index in [9.17, 15) is 32.7 Å². The SMILES string of the molecule is CCC(=O)C(CC(C)SSC(C)CCC(=O)Nc1cc(COc2cc3c(cc2C)C(=O)N2c4ccccc4C[C@H]2C(O)C3)cc(COc2cc3c(cc2OC)C(=O)N2c4ccccc4C[C@H]2CC3)c1)S(=O)(=O)OC. The van der Waals surface area contributed by atoms with Gasteiger partial charge in [-0.15, -0.1) is 0 Å². The van der Waals surface area contributed by atoms with Gasteiger partial charge >= 0.3 is 0 Å². The van der Waals surface area contributed by atoms with Gasteiger partial charge in [0.25, 0.3) is 21.9 Å². The summed E-state index contributed by atoms with van der Waals surface area (Å²) in [6.45, 7) is 7.62. The van der Waals surface area contributed by atoms with Crippen molar-refractivity contribution in [2.45, 2.75) is 133 Å². The van der Waals surface area contributed by atoms with Gasteiger partial charge < -0.3 is 34.4 Å². The van der Waals surface area contributed by atoms with Gasteiger partial charge in [-0.1, -0.05) is 78.8 Å². The van der Waals surface area contributed by atoms with Gasteiger partial charge in [0.1, 0.15) is 24.2 Å². The first-order valence-electron chi connectivity index (χ1n) is 25.2. The zero-order valence-corrected chi connectivity index (χ0v) is 45.0. The molecule has 9 rings (SSSR count). The number of carbonyl (C=O) groups is 4. The maximum atomic E-state index is 14.2. The van der Waals surface area contributed by atoms with Crippen molar-refractivity contribution in [1.29, 1.82) is 0 Å². The monoisotopic (exact) mass is 1060 g/mol. The van der Waals surface area contributed by atoms with Crippen LogP contribution in [0.15, 0.2) is 91.0 Å². The lowest BCUT2D eigenvalue weighted by Crippen LogP contribution is -2.43. The van der Waals surface area contributed by atoms with Gasteiger partial charge in [0.05, 0.1) is 26.4 Å². The average molecular weight is 1060 g/mol. The Labute approximate surface area is 441 Å². The molecular formula is C57H63N3O11S3. The Morgan fingerprint density at radius 2 is 1.38 bits per heavy atom. The summed E-state index contributed by atoms with van der Waals surface area (Å²) in [5.41, 5.74) is 9.50. The molecule has 0 saturated heterocycles. The van der Waals surface area contributed by atoms with Crippen LogP contribution in [0.5, 0.6) is 17.2 Å². The van der Waals surface area contributed by atoms with Gasteiger partial charge in [-0.05, 0) is 139 Å². The van der Waals surface area contributed by atoms with Crippen LogP contribution in [0.2, 0.25) is 0 Å². The minimum atomic E-state index is -4.02. The third kappa shape index (κ3) is 11.2. The Morgan fingerprint density at radius 1 is 0.757 bits per heavy atom. The number of carbonyl (C=O) groups excluding carboxylic acids is 4. The van der Waals surface area contributed by atoms with Crippen LogP contribution in [-0.4, -0.2) is 85.2 Å². The second-order valence-electron chi connectivity index (χ2n) is 19.7. The Hall–Kier alpha value is -5.85. The summed E-state index contributed by atoms with van der Waals surface area (Å²) in [4.78, 5) is 58.1. The third-order valence-corrected chi connectivity index (χ3v) is 19.6. The van der Waals surface area contributed by atoms with Crippen LogP contribution in [0, 0.1) is 6.92 Å². The van der Waals surface area contributed by atoms with E-state index in [4.69, 9.17) is 18.4 Å². The molecule has 0 bridgehead atoms. The van der Waals surface area contributed by atoms with E-state index in [2.05, 4.69) is 11.4 Å². The van der Waals surface area contributed by atoms with Crippen molar-refractivity contribution in [1.82, 2.24) is 0 Å². The molecule has 4 heterocycles. The number of hydrogen-bond donors (Lipinski definition) is 2. The van der Waals surface area contributed by atoms with Crippen molar-refractivity contribution in [3.8, 4) is 17.2 Å². The molecule has 5 aromatic rings. The summed E-state index contributed by atoms with van der Waals surface area (Å²) in [6, 6.07) is 28.6. The van der Waals surface area contributed by atoms with E-state index in [0.717, 1.165) is 59.1 Å². The zero-order chi connectivity index (χ0) is 52.4. The topological polar surface area (TPSA) is 178 Å². The first kappa shape index (κ1) is 53.0. The molecule has 0 saturated carbocycles. The first-order valence-corrected chi connectivity index (χ1v) is 29.0. The number of ether oxygens (including phenoxy) is 3. The van der Waals surface area contributed by atoms with E-state index in [1.807, 2.05) is 105 Å². The van der Waals surface area contributed by atoms with Crippen molar-refractivity contribution >= 4 is 72.3 Å². The number of Topliss-reactive ketones (excluding diaryl/α,β-unsaturated/α-hetero) is 1. The number of aliphatic hydroxyl groups is 1. The van der Waals surface area contributed by atoms with E-state index in [0.29, 0.717) is 58.9 Å². The van der Waals surface area contributed by atoms with E-state index in [-0.39, 0.29) is 85.0 Å². The lowest BCUT2D eigenvalue weighted by Gasteiger charge is -2.26. The zero-order valence-electron chi connectivity index (χ0n) is 42.6. The fourth-order valence-corrected chi connectivity index (χ4v) is 14.5. The van der Waals surface area contributed by atoms with Crippen molar-refractivity contribution in [3.63, 3.8) is 0 Å². The molecule has 0 spiro atoms. The number of nitrogens with zero attached hydrogens (tertiary/aromatic N) is 2. The molecule has 0 fully saturated rings. The standard InChI is InChI=1S/C57H63N3O11S3/c1-7-49(61)54(74(66,67)69-6)21-35(4)73-72-34(3)16-19-55(63)58-42-23-36(31-70-51-29-41-27-50(62)48-26-40-13-9-11-15-47(40)60(48)57(65)44(41)20-33(51)2)22-37(24-42)32-71-53-28-38-17-18-43-25-39-12-8-10-14-46(39)59(43)56(64)45(38)30-52(53)68-5/h8-15,20,22-24,28-30,34-35,43,48,50,54,62H,7,16-19,21,25-27,31-32H2,1-6H3,(H,58,63)/t34?,35?,43-,48+,50?,54?/m1/s1.